The molecule has 1 rings (SSSR count). The normalized spacial score (nSPS) is 20.3. The van der Waals surface area contributed by atoms with Crippen molar-refractivity contribution in [3.63, 3.8) is 0 Å². The Labute approximate surface area is 91.6 Å². The summed E-state index contributed by atoms with van der Waals surface area (Å²) in [5.74, 6) is -0.0531. The van der Waals surface area contributed by atoms with Gasteiger partial charge in [-0.15, -0.1) is 6.58 Å². The molecular weight excluding hydrogens is 190 g/mol. The molecule has 0 atom stereocenters. The van der Waals surface area contributed by atoms with Gasteiger partial charge in [-0.1, -0.05) is 31.8 Å². The van der Waals surface area contributed by atoms with Crippen molar-refractivity contribution in [1.29, 1.82) is 0 Å². The van der Waals surface area contributed by atoms with E-state index < -0.39 is 5.60 Å². The zero-order valence-corrected chi connectivity index (χ0v) is 9.30. The molecule has 86 valence electrons. The van der Waals surface area contributed by atoms with Crippen LogP contribution in [0.4, 0.5) is 0 Å². The number of rotatable bonds is 4. The van der Waals surface area contributed by atoms with Gasteiger partial charge in [-0.25, -0.2) is 0 Å². The number of hydrogen-bond donors (Lipinski definition) is 2. The summed E-state index contributed by atoms with van der Waals surface area (Å²) in [5, 5.41) is 13.0. The van der Waals surface area contributed by atoms with E-state index in [-0.39, 0.29) is 5.91 Å². The number of hydrogen-bond acceptors (Lipinski definition) is 2. The van der Waals surface area contributed by atoms with E-state index in [1.54, 1.807) is 6.08 Å². The van der Waals surface area contributed by atoms with E-state index >= 15 is 0 Å². The Balaban J connectivity index is 2.33. The maximum Gasteiger partial charge on any atom is 0.223 e. The summed E-state index contributed by atoms with van der Waals surface area (Å²) in [4.78, 5) is 11.2. The largest absolute Gasteiger partial charge is 0.388 e. The van der Waals surface area contributed by atoms with Crippen LogP contribution >= 0.6 is 0 Å². The highest BCUT2D eigenvalue weighted by atomic mass is 16.3. The van der Waals surface area contributed by atoms with E-state index in [1.807, 2.05) is 0 Å². The van der Waals surface area contributed by atoms with Gasteiger partial charge >= 0.3 is 0 Å². The van der Waals surface area contributed by atoms with Crippen LogP contribution in [-0.2, 0) is 4.79 Å². The van der Waals surface area contributed by atoms with Crippen LogP contribution in [0.5, 0.6) is 0 Å². The molecule has 0 bridgehead atoms. The van der Waals surface area contributed by atoms with Gasteiger partial charge in [0.15, 0.2) is 0 Å². The molecule has 0 aromatic heterocycles. The molecule has 15 heavy (non-hydrogen) atoms. The van der Waals surface area contributed by atoms with Crippen molar-refractivity contribution in [3.8, 4) is 0 Å². The second kappa shape index (κ2) is 5.91. The standard InChI is InChI=1S/C12H21NO2/c1-2-7-11(14)13-10-12(15)8-5-3-4-6-9-12/h2,15H,1,3-10H2,(H,13,14). The van der Waals surface area contributed by atoms with Crippen LogP contribution < -0.4 is 5.32 Å². The summed E-state index contributed by atoms with van der Waals surface area (Å²) in [5.41, 5.74) is -0.673. The van der Waals surface area contributed by atoms with Gasteiger partial charge in [-0.05, 0) is 12.8 Å². The van der Waals surface area contributed by atoms with Crippen molar-refractivity contribution in [2.75, 3.05) is 6.54 Å². The SMILES string of the molecule is C=CCC(=O)NCC1(O)CCCCCC1. The Morgan fingerprint density at radius 2 is 1.93 bits per heavy atom. The quantitative estimate of drug-likeness (QED) is 0.550. The Hall–Kier alpha value is -0.830. The zero-order valence-electron chi connectivity index (χ0n) is 9.30. The van der Waals surface area contributed by atoms with Crippen molar-refractivity contribution >= 4 is 5.91 Å². The lowest BCUT2D eigenvalue weighted by Gasteiger charge is -2.26. The average Bonchev–Trinajstić information content (AvgIpc) is 2.42. The summed E-state index contributed by atoms with van der Waals surface area (Å²) in [6.45, 7) is 3.89. The maximum absolute atomic E-state index is 11.2. The summed E-state index contributed by atoms with van der Waals surface area (Å²) in [6.07, 6.45) is 8.04. The molecule has 0 aromatic carbocycles. The van der Waals surface area contributed by atoms with Crippen molar-refractivity contribution < 1.29 is 9.90 Å². The molecule has 3 heteroatoms. The highest BCUT2D eigenvalue weighted by Gasteiger charge is 2.27. The highest BCUT2D eigenvalue weighted by Crippen LogP contribution is 2.26. The minimum atomic E-state index is -0.673. The van der Waals surface area contributed by atoms with Gasteiger partial charge in [-0.3, -0.25) is 4.79 Å². The van der Waals surface area contributed by atoms with Gasteiger partial charge in [0, 0.05) is 13.0 Å². The van der Waals surface area contributed by atoms with Crippen LogP contribution in [0.15, 0.2) is 12.7 Å². The van der Waals surface area contributed by atoms with Crippen molar-refractivity contribution in [2.24, 2.45) is 0 Å². The minimum Gasteiger partial charge on any atom is -0.388 e. The number of carbonyl (C=O) groups excluding carboxylic acids is 1. The van der Waals surface area contributed by atoms with Crippen LogP contribution in [0.3, 0.4) is 0 Å². The summed E-state index contributed by atoms with van der Waals surface area (Å²) in [7, 11) is 0. The molecular formula is C12H21NO2. The molecule has 1 aliphatic carbocycles. The molecule has 3 nitrogen and oxygen atoms in total. The lowest BCUT2D eigenvalue weighted by Crippen LogP contribution is -2.42. The Morgan fingerprint density at radius 1 is 1.33 bits per heavy atom. The second-order valence-electron chi connectivity index (χ2n) is 4.41. The van der Waals surface area contributed by atoms with Gasteiger partial charge in [-0.2, -0.15) is 0 Å². The first-order valence-electron chi connectivity index (χ1n) is 5.76. The molecule has 0 saturated heterocycles. The van der Waals surface area contributed by atoms with Crippen molar-refractivity contribution in [3.05, 3.63) is 12.7 Å². The summed E-state index contributed by atoms with van der Waals surface area (Å²) < 4.78 is 0. The van der Waals surface area contributed by atoms with Crippen LogP contribution in [-0.4, -0.2) is 23.2 Å². The smallest absolute Gasteiger partial charge is 0.223 e. The lowest BCUT2D eigenvalue weighted by atomic mass is 9.94. The Morgan fingerprint density at radius 3 is 2.47 bits per heavy atom. The number of nitrogens with one attached hydrogen (secondary N) is 1. The average molecular weight is 211 g/mol. The molecule has 0 spiro atoms. The first-order valence-corrected chi connectivity index (χ1v) is 5.76. The fraction of sp³-hybridized carbons (Fsp3) is 0.750. The zero-order chi connectivity index (χ0) is 11.1. The van der Waals surface area contributed by atoms with E-state index in [0.717, 1.165) is 25.7 Å². The third kappa shape index (κ3) is 4.47. The Kier molecular flexibility index (Phi) is 4.82. The predicted octanol–water partition coefficient (Wildman–Crippen LogP) is 1.76. The van der Waals surface area contributed by atoms with Gasteiger partial charge in [0.25, 0.3) is 0 Å². The lowest BCUT2D eigenvalue weighted by molar-refractivity contribution is -0.121. The van der Waals surface area contributed by atoms with Gasteiger partial charge in [0.2, 0.25) is 5.91 Å². The van der Waals surface area contributed by atoms with Gasteiger partial charge in [0.1, 0.15) is 0 Å². The van der Waals surface area contributed by atoms with Crippen LogP contribution in [0.2, 0.25) is 0 Å². The third-order valence-electron chi connectivity index (χ3n) is 2.98. The van der Waals surface area contributed by atoms with E-state index in [4.69, 9.17) is 0 Å². The highest BCUT2D eigenvalue weighted by molar-refractivity contribution is 5.77. The number of carbonyl (C=O) groups is 1. The van der Waals surface area contributed by atoms with E-state index in [1.165, 1.54) is 12.8 Å². The van der Waals surface area contributed by atoms with Crippen LogP contribution in [0.1, 0.15) is 44.9 Å². The minimum absolute atomic E-state index is 0.0531. The van der Waals surface area contributed by atoms with E-state index in [0.29, 0.717) is 13.0 Å². The van der Waals surface area contributed by atoms with Crippen molar-refractivity contribution in [1.82, 2.24) is 5.32 Å². The fourth-order valence-electron chi connectivity index (χ4n) is 2.03. The summed E-state index contributed by atoms with van der Waals surface area (Å²) >= 11 is 0. The fourth-order valence-corrected chi connectivity index (χ4v) is 2.03. The molecule has 0 aliphatic heterocycles. The van der Waals surface area contributed by atoms with E-state index in [2.05, 4.69) is 11.9 Å². The maximum atomic E-state index is 11.2. The molecule has 0 radical (unpaired) electrons. The number of aliphatic hydroxyl groups is 1. The predicted molar refractivity (Wildman–Crippen MR) is 60.5 cm³/mol. The molecule has 2 N–H and O–H groups in total. The van der Waals surface area contributed by atoms with Crippen LogP contribution in [0.25, 0.3) is 0 Å². The molecule has 0 heterocycles. The van der Waals surface area contributed by atoms with Crippen LogP contribution in [0, 0.1) is 0 Å². The molecule has 1 aliphatic rings. The van der Waals surface area contributed by atoms with Crippen molar-refractivity contribution in [2.45, 2.75) is 50.5 Å². The third-order valence-corrected chi connectivity index (χ3v) is 2.98. The summed E-state index contributed by atoms with van der Waals surface area (Å²) in [6, 6.07) is 0. The van der Waals surface area contributed by atoms with E-state index in [9.17, 15) is 9.90 Å². The molecule has 1 saturated carbocycles. The second-order valence-corrected chi connectivity index (χ2v) is 4.41. The monoisotopic (exact) mass is 211 g/mol. The van der Waals surface area contributed by atoms with Gasteiger partial charge in [0.05, 0.1) is 5.60 Å². The first-order chi connectivity index (χ1) is 7.16. The topological polar surface area (TPSA) is 49.3 Å². The first kappa shape index (κ1) is 12.2. The van der Waals surface area contributed by atoms with Gasteiger partial charge < -0.3 is 10.4 Å². The molecule has 0 unspecified atom stereocenters. The molecule has 1 fully saturated rings. The number of amides is 1. The Bertz CT molecular complexity index is 218. The molecule has 1 amide bonds. The molecule has 0 aromatic rings.